The zero-order valence-corrected chi connectivity index (χ0v) is 30.9. The highest BCUT2D eigenvalue weighted by Crippen LogP contribution is 2.58. The van der Waals surface area contributed by atoms with Crippen molar-refractivity contribution >= 4 is 59.3 Å². The number of anilines is 3. The normalized spacial score (nSPS) is 12.9. The molecule has 0 atom stereocenters. The summed E-state index contributed by atoms with van der Waals surface area (Å²) in [6.07, 6.45) is 0. The lowest BCUT2D eigenvalue weighted by molar-refractivity contribution is 0.769. The fourth-order valence-corrected chi connectivity index (χ4v) is 10.2. The summed E-state index contributed by atoms with van der Waals surface area (Å²) < 4.78 is 2.62. The average Bonchev–Trinajstić information content (AvgIpc) is 3.79. The van der Waals surface area contributed by atoms with Gasteiger partial charge in [0.1, 0.15) is 0 Å². The molecule has 1 aromatic heterocycles. The van der Waals surface area contributed by atoms with Crippen LogP contribution < -0.4 is 4.90 Å². The Morgan fingerprint density at radius 3 is 1.71 bits per heavy atom. The van der Waals surface area contributed by atoms with E-state index in [1.807, 2.05) is 11.3 Å². The molecule has 0 saturated heterocycles. The molecule has 0 amide bonds. The smallest absolute Gasteiger partial charge is 0.0713 e. The standard InChI is InChI=1S/C53H35NS/c1-4-14-36(15-5-1)37-24-27-41(28-25-37)54(43-30-33-51-47(35-43)45-20-11-13-23-50(45)55-51)42-29-31-44-38(34-42)26-32-49-52(44)46-21-10-12-22-48(46)53(49,39-16-6-2-7-17-39)40-18-8-3-9-19-40/h1-35H. The molecule has 0 bridgehead atoms. The van der Waals surface area contributed by atoms with Crippen molar-refractivity contribution in [1.29, 1.82) is 0 Å². The molecule has 1 aliphatic rings. The van der Waals surface area contributed by atoms with Crippen molar-refractivity contribution in [1.82, 2.24) is 0 Å². The molecule has 10 aromatic rings. The van der Waals surface area contributed by atoms with Gasteiger partial charge >= 0.3 is 0 Å². The van der Waals surface area contributed by atoms with Crippen LogP contribution in [-0.4, -0.2) is 0 Å². The van der Waals surface area contributed by atoms with E-state index in [0.29, 0.717) is 0 Å². The monoisotopic (exact) mass is 717 g/mol. The molecule has 258 valence electrons. The van der Waals surface area contributed by atoms with Crippen molar-refractivity contribution in [2.24, 2.45) is 0 Å². The van der Waals surface area contributed by atoms with Gasteiger partial charge in [-0.25, -0.2) is 0 Å². The van der Waals surface area contributed by atoms with Gasteiger partial charge in [0.15, 0.2) is 0 Å². The van der Waals surface area contributed by atoms with Gasteiger partial charge in [-0.3, -0.25) is 0 Å². The van der Waals surface area contributed by atoms with Crippen LogP contribution in [0.3, 0.4) is 0 Å². The SMILES string of the molecule is c1ccc(-c2ccc(N(c3ccc4c5c(ccc4c3)C(c3ccccc3)(c3ccccc3)c3ccccc3-5)c3ccc4sc5ccccc5c4c3)cc2)cc1. The van der Waals surface area contributed by atoms with Crippen molar-refractivity contribution in [2.45, 2.75) is 5.41 Å². The lowest BCUT2D eigenvalue weighted by atomic mass is 9.67. The first-order valence-corrected chi connectivity index (χ1v) is 19.7. The molecule has 0 radical (unpaired) electrons. The molecular weight excluding hydrogens is 683 g/mol. The van der Waals surface area contributed by atoms with Crippen LogP contribution in [0.4, 0.5) is 17.1 Å². The number of hydrogen-bond acceptors (Lipinski definition) is 2. The zero-order chi connectivity index (χ0) is 36.3. The molecule has 9 aromatic carbocycles. The minimum absolute atomic E-state index is 0.424. The fraction of sp³-hybridized carbons (Fsp3) is 0.0189. The van der Waals surface area contributed by atoms with Crippen molar-refractivity contribution in [3.05, 3.63) is 235 Å². The Morgan fingerprint density at radius 2 is 0.945 bits per heavy atom. The van der Waals surface area contributed by atoms with E-state index in [1.54, 1.807) is 0 Å². The molecule has 1 nitrogen and oxygen atoms in total. The molecule has 1 aliphatic carbocycles. The van der Waals surface area contributed by atoms with E-state index in [2.05, 4.69) is 217 Å². The van der Waals surface area contributed by atoms with Gasteiger partial charge in [-0.2, -0.15) is 0 Å². The van der Waals surface area contributed by atoms with Gasteiger partial charge < -0.3 is 4.90 Å². The van der Waals surface area contributed by atoms with Gasteiger partial charge in [-0.1, -0.05) is 164 Å². The van der Waals surface area contributed by atoms with Crippen LogP contribution in [-0.2, 0) is 5.41 Å². The van der Waals surface area contributed by atoms with E-state index in [4.69, 9.17) is 0 Å². The van der Waals surface area contributed by atoms with E-state index in [0.717, 1.165) is 17.1 Å². The first-order chi connectivity index (χ1) is 27.3. The Kier molecular flexibility index (Phi) is 7.33. The maximum Gasteiger partial charge on any atom is 0.0713 e. The van der Waals surface area contributed by atoms with Crippen molar-refractivity contribution < 1.29 is 0 Å². The van der Waals surface area contributed by atoms with Gasteiger partial charge in [0, 0.05) is 37.2 Å². The third-order valence-electron chi connectivity index (χ3n) is 11.5. The molecule has 2 heteroatoms. The summed E-state index contributed by atoms with van der Waals surface area (Å²) in [6, 6.07) is 78.2. The number of rotatable bonds is 6. The molecule has 0 saturated carbocycles. The number of benzene rings is 9. The molecule has 0 aliphatic heterocycles. The van der Waals surface area contributed by atoms with E-state index < -0.39 is 5.41 Å². The predicted molar refractivity (Wildman–Crippen MR) is 234 cm³/mol. The van der Waals surface area contributed by atoms with Crippen LogP contribution in [0, 0.1) is 0 Å². The molecule has 1 heterocycles. The summed E-state index contributed by atoms with van der Waals surface area (Å²) in [5.74, 6) is 0. The minimum Gasteiger partial charge on any atom is -0.310 e. The average molecular weight is 718 g/mol. The molecule has 55 heavy (non-hydrogen) atoms. The first-order valence-electron chi connectivity index (χ1n) is 18.9. The van der Waals surface area contributed by atoms with E-state index in [9.17, 15) is 0 Å². The number of nitrogens with zero attached hydrogens (tertiary/aromatic N) is 1. The van der Waals surface area contributed by atoms with Crippen molar-refractivity contribution in [3.63, 3.8) is 0 Å². The predicted octanol–water partition coefficient (Wildman–Crippen LogP) is 14.7. The summed E-state index contributed by atoms with van der Waals surface area (Å²) in [4.78, 5) is 2.42. The fourth-order valence-electron chi connectivity index (χ4n) is 9.13. The van der Waals surface area contributed by atoms with Crippen LogP contribution in [0.25, 0.3) is 53.2 Å². The molecule has 11 rings (SSSR count). The summed E-state index contributed by atoms with van der Waals surface area (Å²) >= 11 is 1.86. The van der Waals surface area contributed by atoms with E-state index >= 15 is 0 Å². The first kappa shape index (κ1) is 31.8. The van der Waals surface area contributed by atoms with Gasteiger partial charge in [0.25, 0.3) is 0 Å². The molecule has 0 fully saturated rings. The van der Waals surface area contributed by atoms with Gasteiger partial charge in [0.2, 0.25) is 0 Å². The van der Waals surface area contributed by atoms with Crippen LogP contribution in [0.2, 0.25) is 0 Å². The summed E-state index contributed by atoms with van der Waals surface area (Å²) in [5, 5.41) is 5.08. The largest absolute Gasteiger partial charge is 0.310 e. The minimum atomic E-state index is -0.424. The van der Waals surface area contributed by atoms with E-state index in [-0.39, 0.29) is 0 Å². The van der Waals surface area contributed by atoms with E-state index in [1.165, 1.54) is 75.5 Å². The lowest BCUT2D eigenvalue weighted by Crippen LogP contribution is -2.28. The second-order valence-corrected chi connectivity index (χ2v) is 15.5. The molecular formula is C53H35NS. The molecule has 0 spiro atoms. The topological polar surface area (TPSA) is 3.24 Å². The Hall–Kier alpha value is -6.74. The Labute approximate surface area is 325 Å². The lowest BCUT2D eigenvalue weighted by Gasteiger charge is -2.34. The summed E-state index contributed by atoms with van der Waals surface area (Å²) in [7, 11) is 0. The molecule has 0 unspecified atom stereocenters. The Morgan fingerprint density at radius 1 is 0.364 bits per heavy atom. The van der Waals surface area contributed by atoms with Crippen molar-refractivity contribution in [2.75, 3.05) is 4.90 Å². The summed E-state index contributed by atoms with van der Waals surface area (Å²) in [6.45, 7) is 0. The number of fused-ring (bicyclic) bond motifs is 8. The quantitative estimate of drug-likeness (QED) is 0.166. The van der Waals surface area contributed by atoms with Crippen molar-refractivity contribution in [3.8, 4) is 22.3 Å². The number of thiophene rings is 1. The maximum absolute atomic E-state index is 2.42. The highest BCUT2D eigenvalue weighted by atomic mass is 32.1. The van der Waals surface area contributed by atoms with Gasteiger partial charge in [0.05, 0.1) is 5.41 Å². The summed E-state index contributed by atoms with van der Waals surface area (Å²) in [5.41, 5.74) is 13.2. The Balaban J connectivity index is 1.12. The third-order valence-corrected chi connectivity index (χ3v) is 12.7. The highest BCUT2D eigenvalue weighted by Gasteiger charge is 2.46. The van der Waals surface area contributed by atoms with Gasteiger partial charge in [-0.05, 0) is 104 Å². The van der Waals surface area contributed by atoms with Gasteiger partial charge in [-0.15, -0.1) is 11.3 Å². The second kappa shape index (κ2) is 12.7. The number of hydrogen-bond donors (Lipinski definition) is 0. The second-order valence-electron chi connectivity index (χ2n) is 14.4. The highest BCUT2D eigenvalue weighted by molar-refractivity contribution is 7.25. The van der Waals surface area contributed by atoms with Crippen LogP contribution in [0.5, 0.6) is 0 Å². The zero-order valence-electron chi connectivity index (χ0n) is 30.1. The third kappa shape index (κ3) is 4.92. The van der Waals surface area contributed by atoms with Crippen LogP contribution in [0.1, 0.15) is 22.3 Å². The molecule has 0 N–H and O–H groups in total. The Bertz CT molecular complexity index is 2980. The maximum atomic E-state index is 2.42. The van der Waals surface area contributed by atoms with Crippen LogP contribution >= 0.6 is 11.3 Å². The van der Waals surface area contributed by atoms with Crippen LogP contribution in [0.15, 0.2) is 212 Å².